The van der Waals surface area contributed by atoms with E-state index in [0.717, 1.165) is 0 Å². The third-order valence-electron chi connectivity index (χ3n) is 4.49. The molecule has 0 spiro atoms. The van der Waals surface area contributed by atoms with Crippen molar-refractivity contribution in [2.75, 3.05) is 7.05 Å². The van der Waals surface area contributed by atoms with Gasteiger partial charge < -0.3 is 17.8 Å². The van der Waals surface area contributed by atoms with Crippen molar-refractivity contribution >= 4 is 35.0 Å². The molecule has 1 fully saturated rings. The van der Waals surface area contributed by atoms with E-state index >= 15 is 0 Å². The van der Waals surface area contributed by atoms with Crippen LogP contribution in [-0.4, -0.2) is 50.5 Å². The van der Waals surface area contributed by atoms with Crippen LogP contribution in [-0.2, 0) is 0 Å². The van der Waals surface area contributed by atoms with Gasteiger partial charge in [-0.15, -0.1) is 19.7 Å². The molecule has 1 atom stereocenters. The van der Waals surface area contributed by atoms with E-state index in [1.165, 1.54) is 0 Å². The molecule has 0 aromatic carbocycles. The molecule has 1 heterocycles. The van der Waals surface area contributed by atoms with Gasteiger partial charge in [0.15, 0.2) is 18.2 Å². The molecule has 1 unspecified atom stereocenters. The molecule has 0 bridgehead atoms. The van der Waals surface area contributed by atoms with Crippen molar-refractivity contribution in [3.8, 4) is 0 Å². The van der Waals surface area contributed by atoms with Gasteiger partial charge >= 0.3 is 0 Å². The Morgan fingerprint density at radius 2 is 1.50 bits per heavy atom. The predicted octanol–water partition coefficient (Wildman–Crippen LogP) is 0.947. The van der Waals surface area contributed by atoms with E-state index in [-0.39, 0.29) is 0 Å². The topological polar surface area (TPSA) is 30.5 Å². The molecule has 1 aliphatic rings. The van der Waals surface area contributed by atoms with E-state index < -0.39 is 35.0 Å². The molecule has 1 rings (SSSR count). The molecule has 1 saturated heterocycles. The first kappa shape index (κ1) is 17.6. The quantitative estimate of drug-likeness (QED) is 0.746. The lowest BCUT2D eigenvalue weighted by Crippen LogP contribution is -2.83. The molecule has 1 aliphatic heterocycles. The molecule has 0 aromatic heterocycles. The van der Waals surface area contributed by atoms with Crippen molar-refractivity contribution in [2.24, 2.45) is 0 Å². The van der Waals surface area contributed by atoms with Crippen LogP contribution in [0, 0.1) is 0 Å². The van der Waals surface area contributed by atoms with Gasteiger partial charge in [0, 0.05) is 0 Å². The summed E-state index contributed by atoms with van der Waals surface area (Å²) < 4.78 is 12.6. The second kappa shape index (κ2) is 6.10. The number of nitrogens with zero attached hydrogens (tertiary/aromatic N) is 2. The summed E-state index contributed by atoms with van der Waals surface area (Å²) in [6.45, 7) is 23.4. The first-order valence-corrected chi connectivity index (χ1v) is 15.7. The lowest BCUT2D eigenvalue weighted by Gasteiger charge is -2.56. The highest BCUT2D eigenvalue weighted by Crippen LogP contribution is 2.27. The highest BCUT2D eigenvalue weighted by Gasteiger charge is 2.51. The molecule has 20 heavy (non-hydrogen) atoms. The molecule has 0 aliphatic carbocycles. The summed E-state index contributed by atoms with van der Waals surface area (Å²) >= 11 is 0. The summed E-state index contributed by atoms with van der Waals surface area (Å²) in [6, 6.07) is 0. The number of nitrogens with one attached hydrogen (secondary N) is 2. The monoisotopic (exact) mass is 340 g/mol. The van der Waals surface area contributed by atoms with Crippen LogP contribution in [0.4, 0.5) is 0 Å². The van der Waals surface area contributed by atoms with Gasteiger partial charge in [0.1, 0.15) is 0 Å². The lowest BCUT2D eigenvalue weighted by molar-refractivity contribution is 0.644. The maximum Gasteiger partial charge on any atom is 0.269 e. The highest BCUT2D eigenvalue weighted by molar-refractivity contribution is 7.04. The van der Waals surface area contributed by atoms with Crippen molar-refractivity contribution in [2.45, 2.75) is 19.6 Å². The summed E-state index contributed by atoms with van der Waals surface area (Å²) in [5.74, 6) is 0. The van der Waals surface area contributed by atoms with Crippen LogP contribution in [0.2, 0.25) is 19.6 Å². The number of rotatable bonds is 4. The van der Waals surface area contributed by atoms with E-state index in [2.05, 4.69) is 87.9 Å². The van der Waals surface area contributed by atoms with Gasteiger partial charge in [0.25, 0.3) is 8.40 Å². The van der Waals surface area contributed by atoms with Gasteiger partial charge in [-0.2, -0.15) is 0 Å². The summed E-state index contributed by atoms with van der Waals surface area (Å²) in [5, 5.41) is 0. The molecular weight excluding hydrogens is 313 g/mol. The van der Waals surface area contributed by atoms with Gasteiger partial charge in [0.05, 0.1) is 0 Å². The predicted molar refractivity (Wildman–Crippen MR) is 100 cm³/mol. The average Bonchev–Trinajstić information content (AvgIpc) is 2.44. The lowest BCUT2D eigenvalue weighted by atomic mass is 11.1. The smallest absolute Gasteiger partial charge is 0.269 e. The second-order valence-corrected chi connectivity index (χ2v) is 20.3. The Bertz CT molecular complexity index is 418. The molecule has 0 amide bonds. The Kier molecular flexibility index (Phi) is 5.35. The van der Waals surface area contributed by atoms with E-state index in [9.17, 15) is 0 Å². The Hall–Kier alpha value is -0.492. The highest BCUT2D eigenvalue weighted by atomic mass is 28.5. The fourth-order valence-corrected chi connectivity index (χ4v) is 22.6. The third kappa shape index (κ3) is 2.64. The first-order valence-electron chi connectivity index (χ1n) is 6.81. The van der Waals surface area contributed by atoms with Crippen molar-refractivity contribution < 1.29 is 0 Å². The van der Waals surface area contributed by atoms with Gasteiger partial charge in [-0.3, -0.25) is 0 Å². The van der Waals surface area contributed by atoms with Crippen LogP contribution in [0.5, 0.6) is 0 Å². The molecule has 8 heteroatoms. The van der Waals surface area contributed by atoms with E-state index in [0.29, 0.717) is 0 Å². The molecule has 0 saturated carbocycles. The van der Waals surface area contributed by atoms with Gasteiger partial charge in [-0.1, -0.05) is 23.7 Å². The van der Waals surface area contributed by atoms with Gasteiger partial charge in [-0.25, -0.2) is 0 Å². The molecule has 4 nitrogen and oxygen atoms in total. The van der Waals surface area contributed by atoms with Crippen LogP contribution < -0.4 is 9.30 Å². The van der Waals surface area contributed by atoms with Crippen LogP contribution in [0.1, 0.15) is 0 Å². The maximum absolute atomic E-state index is 4.14. The van der Waals surface area contributed by atoms with E-state index in [1.54, 1.807) is 0 Å². The first-order chi connectivity index (χ1) is 9.24. The van der Waals surface area contributed by atoms with Crippen molar-refractivity contribution in [3.05, 3.63) is 49.6 Å². The SMILES string of the molecule is C=CN1[Si](C=C)(C=C)N[SiH2]N[Si](C)(C)N(C)[Si]1(C)C=C. The van der Waals surface area contributed by atoms with Crippen LogP contribution in [0.15, 0.2) is 49.6 Å². The summed E-state index contributed by atoms with van der Waals surface area (Å²) in [6.07, 6.45) is 1.97. The van der Waals surface area contributed by atoms with Crippen LogP contribution in [0.25, 0.3) is 0 Å². The minimum atomic E-state index is -2.14. The average molecular weight is 341 g/mol. The molecule has 0 aromatic rings. The normalized spacial score (nSPS) is 31.1. The van der Waals surface area contributed by atoms with E-state index in [1.807, 2.05) is 6.20 Å². The fourth-order valence-electron chi connectivity index (χ4n) is 2.70. The zero-order chi connectivity index (χ0) is 15.6. The number of hydrogen-bond acceptors (Lipinski definition) is 4. The minimum Gasteiger partial charge on any atom is -0.398 e. The minimum absolute atomic E-state index is 0.570. The Morgan fingerprint density at radius 1 is 0.950 bits per heavy atom. The standard InChI is InChI=1S/C12H28N4Si4/c1-9-16-19(8,10-2)15(5)18(6,7)13-17-14-20(16,11-3)12-4/h9-14H,1-4,17H2,5-8H3. The Balaban J connectivity index is 3.49. The zero-order valence-electron chi connectivity index (χ0n) is 13.2. The largest absolute Gasteiger partial charge is 0.398 e. The van der Waals surface area contributed by atoms with Crippen LogP contribution in [0.3, 0.4) is 0 Å². The maximum atomic E-state index is 4.14. The molecule has 2 N–H and O–H groups in total. The fraction of sp³-hybridized carbons (Fsp3) is 0.333. The van der Waals surface area contributed by atoms with Gasteiger partial charge in [0.2, 0.25) is 8.40 Å². The van der Waals surface area contributed by atoms with Gasteiger partial charge in [-0.05, 0) is 32.9 Å². The zero-order valence-corrected chi connectivity index (χ0v) is 17.7. The summed E-state index contributed by atoms with van der Waals surface area (Å²) in [4.78, 5) is 0. The summed E-state index contributed by atoms with van der Waals surface area (Å²) in [7, 11) is -4.17. The van der Waals surface area contributed by atoms with Crippen molar-refractivity contribution in [3.63, 3.8) is 0 Å². The Morgan fingerprint density at radius 3 is 1.90 bits per heavy atom. The molecule has 112 valence electrons. The van der Waals surface area contributed by atoms with E-state index in [4.69, 9.17) is 0 Å². The Labute approximate surface area is 129 Å². The third-order valence-corrected chi connectivity index (χ3v) is 24.3. The van der Waals surface area contributed by atoms with Crippen molar-refractivity contribution in [1.82, 2.24) is 17.8 Å². The number of hydrogen-bond donors (Lipinski definition) is 2. The van der Waals surface area contributed by atoms with Crippen molar-refractivity contribution in [1.29, 1.82) is 0 Å². The summed E-state index contributed by atoms with van der Waals surface area (Å²) in [5.41, 5.74) is 6.24. The second-order valence-electron chi connectivity index (χ2n) is 5.73. The molecular formula is C12H28N4Si4. The van der Waals surface area contributed by atoms with Crippen LogP contribution >= 0.6 is 0 Å². The molecule has 0 radical (unpaired) electrons.